The summed E-state index contributed by atoms with van der Waals surface area (Å²) in [4.78, 5) is 0. The van der Waals surface area contributed by atoms with Crippen LogP contribution in [-0.2, 0) is 0 Å². The van der Waals surface area contributed by atoms with Crippen LogP contribution in [0.5, 0.6) is 0 Å². The van der Waals surface area contributed by atoms with Gasteiger partial charge in [-0.15, -0.1) is 11.3 Å². The fourth-order valence-electron chi connectivity index (χ4n) is 1.93. The fraction of sp³-hybridized carbons (Fsp3) is 0.636. The number of hydrogen-bond acceptors (Lipinski definition) is 2. The minimum Gasteiger partial charge on any atom is -0.381 e. The zero-order chi connectivity index (χ0) is 9.42. The highest BCUT2D eigenvalue weighted by Crippen LogP contribution is 2.36. The van der Waals surface area contributed by atoms with Gasteiger partial charge in [0.1, 0.15) is 0 Å². The van der Waals surface area contributed by atoms with E-state index in [0.29, 0.717) is 6.04 Å². The summed E-state index contributed by atoms with van der Waals surface area (Å²) >= 11 is 1.78. The molecule has 1 aliphatic carbocycles. The third kappa shape index (κ3) is 1.60. The van der Waals surface area contributed by atoms with Crippen LogP contribution in [0.4, 0.5) is 5.69 Å². The molecule has 2 heteroatoms. The summed E-state index contributed by atoms with van der Waals surface area (Å²) in [5, 5.41) is 8.03. The highest BCUT2D eigenvalue weighted by atomic mass is 32.1. The summed E-state index contributed by atoms with van der Waals surface area (Å²) in [5.74, 6) is 1.73. The summed E-state index contributed by atoms with van der Waals surface area (Å²) < 4.78 is 0. The largest absolute Gasteiger partial charge is 0.381 e. The van der Waals surface area contributed by atoms with Crippen molar-refractivity contribution < 1.29 is 0 Å². The van der Waals surface area contributed by atoms with E-state index in [9.17, 15) is 0 Å². The minimum absolute atomic E-state index is 0.711. The monoisotopic (exact) mass is 195 g/mol. The molecule has 0 spiro atoms. The molecule has 3 unspecified atom stereocenters. The molecule has 0 radical (unpaired) electrons. The number of thiophene rings is 1. The van der Waals surface area contributed by atoms with Gasteiger partial charge in [0.05, 0.1) is 0 Å². The van der Waals surface area contributed by atoms with Gasteiger partial charge in [-0.3, -0.25) is 0 Å². The maximum Gasteiger partial charge on any atom is 0.0480 e. The first-order chi connectivity index (χ1) is 6.18. The Balaban J connectivity index is 1.97. The predicted molar refractivity (Wildman–Crippen MR) is 59.4 cm³/mol. The molecule has 1 aromatic heterocycles. The van der Waals surface area contributed by atoms with Gasteiger partial charge < -0.3 is 5.32 Å². The Morgan fingerprint density at radius 2 is 2.15 bits per heavy atom. The Kier molecular flexibility index (Phi) is 2.33. The number of rotatable bonds is 2. The first-order valence-electron chi connectivity index (χ1n) is 4.98. The lowest BCUT2D eigenvalue weighted by Crippen LogP contribution is -2.43. The van der Waals surface area contributed by atoms with E-state index in [1.54, 1.807) is 11.3 Å². The lowest BCUT2D eigenvalue weighted by molar-refractivity contribution is 0.189. The SMILES string of the molecule is Cc1cscc1NC1CC(C)C1C. The first-order valence-corrected chi connectivity index (χ1v) is 5.92. The molecule has 1 nitrogen and oxygen atoms in total. The maximum atomic E-state index is 3.62. The molecule has 13 heavy (non-hydrogen) atoms. The van der Waals surface area contributed by atoms with E-state index in [2.05, 4.69) is 36.8 Å². The molecule has 3 atom stereocenters. The Morgan fingerprint density at radius 3 is 2.62 bits per heavy atom. The number of nitrogens with one attached hydrogen (secondary N) is 1. The Morgan fingerprint density at radius 1 is 1.38 bits per heavy atom. The van der Waals surface area contributed by atoms with Gasteiger partial charge in [-0.25, -0.2) is 0 Å². The summed E-state index contributed by atoms with van der Waals surface area (Å²) in [7, 11) is 0. The van der Waals surface area contributed by atoms with Crippen molar-refractivity contribution in [1.29, 1.82) is 0 Å². The van der Waals surface area contributed by atoms with E-state index in [1.165, 1.54) is 17.7 Å². The molecular weight excluding hydrogens is 178 g/mol. The molecule has 0 saturated heterocycles. The average molecular weight is 195 g/mol. The van der Waals surface area contributed by atoms with E-state index < -0.39 is 0 Å². The summed E-state index contributed by atoms with van der Waals surface area (Å²) in [6, 6.07) is 0.711. The Bertz CT molecular complexity index is 292. The molecule has 1 N–H and O–H groups in total. The van der Waals surface area contributed by atoms with E-state index in [0.717, 1.165) is 11.8 Å². The van der Waals surface area contributed by atoms with E-state index in [1.807, 2.05) is 0 Å². The zero-order valence-corrected chi connectivity index (χ0v) is 9.32. The summed E-state index contributed by atoms with van der Waals surface area (Å²) in [6.45, 7) is 6.85. The molecule has 1 saturated carbocycles. The standard InChI is InChI=1S/C11H17NS/c1-7-4-10(9(7)3)12-11-6-13-5-8(11)2/h5-7,9-10,12H,4H2,1-3H3. The Labute approximate surface area is 84.2 Å². The van der Waals surface area contributed by atoms with Gasteiger partial charge in [-0.2, -0.15) is 0 Å². The molecule has 0 aliphatic heterocycles. The summed E-state index contributed by atoms with van der Waals surface area (Å²) in [5.41, 5.74) is 2.73. The van der Waals surface area contributed by atoms with Gasteiger partial charge in [-0.05, 0) is 36.1 Å². The fourth-order valence-corrected chi connectivity index (χ4v) is 2.72. The van der Waals surface area contributed by atoms with E-state index in [4.69, 9.17) is 0 Å². The van der Waals surface area contributed by atoms with Crippen molar-refractivity contribution in [2.24, 2.45) is 11.8 Å². The quantitative estimate of drug-likeness (QED) is 0.761. The van der Waals surface area contributed by atoms with Gasteiger partial charge >= 0.3 is 0 Å². The van der Waals surface area contributed by atoms with Gasteiger partial charge in [-0.1, -0.05) is 13.8 Å². The van der Waals surface area contributed by atoms with Crippen LogP contribution in [0.2, 0.25) is 0 Å². The minimum atomic E-state index is 0.711. The van der Waals surface area contributed by atoms with Crippen LogP contribution < -0.4 is 5.32 Å². The second kappa shape index (κ2) is 3.33. The van der Waals surface area contributed by atoms with E-state index >= 15 is 0 Å². The van der Waals surface area contributed by atoms with Crippen LogP contribution in [0.25, 0.3) is 0 Å². The van der Waals surface area contributed by atoms with Crippen LogP contribution in [-0.4, -0.2) is 6.04 Å². The lowest BCUT2D eigenvalue weighted by atomic mass is 9.71. The third-order valence-corrected chi connectivity index (χ3v) is 4.22. The molecule has 0 amide bonds. The highest BCUT2D eigenvalue weighted by molar-refractivity contribution is 7.08. The number of aryl methyl sites for hydroxylation is 1. The van der Waals surface area contributed by atoms with Gasteiger partial charge in [0.25, 0.3) is 0 Å². The second-order valence-electron chi connectivity index (χ2n) is 4.29. The van der Waals surface area contributed by atoms with E-state index in [-0.39, 0.29) is 0 Å². The lowest BCUT2D eigenvalue weighted by Gasteiger charge is -2.41. The van der Waals surface area contributed by atoms with Crippen molar-refractivity contribution in [3.05, 3.63) is 16.3 Å². The third-order valence-electron chi connectivity index (χ3n) is 3.35. The molecule has 0 bridgehead atoms. The maximum absolute atomic E-state index is 3.62. The molecule has 1 aliphatic rings. The molecular formula is C11H17NS. The van der Waals surface area contributed by atoms with Crippen LogP contribution in [0, 0.1) is 18.8 Å². The van der Waals surface area contributed by atoms with Crippen LogP contribution in [0.3, 0.4) is 0 Å². The van der Waals surface area contributed by atoms with Crippen molar-refractivity contribution in [1.82, 2.24) is 0 Å². The molecule has 72 valence electrons. The molecule has 1 fully saturated rings. The second-order valence-corrected chi connectivity index (χ2v) is 5.03. The summed E-state index contributed by atoms with van der Waals surface area (Å²) in [6.07, 6.45) is 1.33. The number of anilines is 1. The number of hydrogen-bond donors (Lipinski definition) is 1. The Hall–Kier alpha value is -0.500. The van der Waals surface area contributed by atoms with Gasteiger partial charge in [0.2, 0.25) is 0 Å². The smallest absolute Gasteiger partial charge is 0.0480 e. The topological polar surface area (TPSA) is 12.0 Å². The van der Waals surface area contributed by atoms with Crippen LogP contribution >= 0.6 is 11.3 Å². The predicted octanol–water partition coefficient (Wildman–Crippen LogP) is 3.51. The normalized spacial score (nSPS) is 32.7. The van der Waals surface area contributed by atoms with Crippen LogP contribution in [0.1, 0.15) is 25.8 Å². The van der Waals surface area contributed by atoms with Crippen molar-refractivity contribution in [2.45, 2.75) is 33.2 Å². The van der Waals surface area contributed by atoms with Gasteiger partial charge in [0.15, 0.2) is 0 Å². The molecule has 2 rings (SSSR count). The van der Waals surface area contributed by atoms with Crippen molar-refractivity contribution in [3.8, 4) is 0 Å². The molecule has 0 aromatic carbocycles. The average Bonchev–Trinajstić information content (AvgIpc) is 2.51. The van der Waals surface area contributed by atoms with Crippen molar-refractivity contribution >= 4 is 17.0 Å². The van der Waals surface area contributed by atoms with Crippen molar-refractivity contribution in [3.63, 3.8) is 0 Å². The first kappa shape index (κ1) is 9.07. The molecule has 1 aromatic rings. The van der Waals surface area contributed by atoms with Crippen molar-refractivity contribution in [2.75, 3.05) is 5.32 Å². The van der Waals surface area contributed by atoms with Gasteiger partial charge in [0, 0.05) is 17.1 Å². The molecule has 1 heterocycles. The zero-order valence-electron chi connectivity index (χ0n) is 8.50. The van der Waals surface area contributed by atoms with Crippen LogP contribution in [0.15, 0.2) is 10.8 Å². The highest BCUT2D eigenvalue weighted by Gasteiger charge is 2.34.